The van der Waals surface area contributed by atoms with Crippen molar-refractivity contribution in [1.29, 1.82) is 0 Å². The van der Waals surface area contributed by atoms with Crippen LogP contribution in [0.5, 0.6) is 0 Å². The maximum atomic E-state index is 5.58. The Labute approximate surface area is 153 Å². The van der Waals surface area contributed by atoms with E-state index >= 15 is 0 Å². The number of aliphatic imine (C=N–C) groups is 1. The number of ether oxygens (including phenoxy) is 1. The molecule has 0 bridgehead atoms. The van der Waals surface area contributed by atoms with Gasteiger partial charge in [0.15, 0.2) is 5.96 Å². The molecule has 0 radical (unpaired) electrons. The highest BCUT2D eigenvalue weighted by molar-refractivity contribution is 5.79. The van der Waals surface area contributed by atoms with Crippen LogP contribution in [0, 0.1) is 5.92 Å². The third-order valence-corrected chi connectivity index (χ3v) is 3.79. The largest absolute Gasteiger partial charge is 0.381 e. The van der Waals surface area contributed by atoms with E-state index in [0.29, 0.717) is 12.5 Å². The molecule has 0 aliphatic heterocycles. The predicted molar refractivity (Wildman–Crippen MR) is 106 cm³/mol. The molecular formula is C19H35N5O. The average molecular weight is 350 g/mol. The van der Waals surface area contributed by atoms with Crippen LogP contribution in [-0.2, 0) is 11.3 Å². The van der Waals surface area contributed by atoms with E-state index in [9.17, 15) is 0 Å². The average Bonchev–Trinajstić information content (AvgIpc) is 2.62. The van der Waals surface area contributed by atoms with Gasteiger partial charge in [-0.1, -0.05) is 19.9 Å². The van der Waals surface area contributed by atoms with Crippen molar-refractivity contribution in [3.63, 3.8) is 0 Å². The molecule has 0 amide bonds. The first-order valence-corrected chi connectivity index (χ1v) is 9.32. The van der Waals surface area contributed by atoms with Crippen molar-refractivity contribution in [2.45, 2.75) is 40.7 Å². The molecule has 1 rings (SSSR count). The number of nitrogens with one attached hydrogen (secondary N) is 2. The Morgan fingerprint density at radius 3 is 2.56 bits per heavy atom. The number of rotatable bonds is 11. The Bertz CT molecular complexity index is 483. The minimum absolute atomic E-state index is 0.587. The number of pyridine rings is 1. The normalized spacial score (nSPS) is 11.7. The highest BCUT2D eigenvalue weighted by Gasteiger charge is 2.04. The second-order valence-electron chi connectivity index (χ2n) is 6.37. The number of hydrogen-bond donors (Lipinski definition) is 2. The minimum Gasteiger partial charge on any atom is -0.381 e. The zero-order chi connectivity index (χ0) is 18.5. The summed E-state index contributed by atoms with van der Waals surface area (Å²) >= 11 is 0. The molecule has 25 heavy (non-hydrogen) atoms. The third kappa shape index (κ3) is 8.72. The summed E-state index contributed by atoms with van der Waals surface area (Å²) in [4.78, 5) is 11.0. The fourth-order valence-electron chi connectivity index (χ4n) is 2.36. The molecule has 2 N–H and O–H groups in total. The summed E-state index contributed by atoms with van der Waals surface area (Å²) in [7, 11) is 1.78. The lowest BCUT2D eigenvalue weighted by molar-refractivity contribution is 0.108. The Morgan fingerprint density at radius 2 is 2.00 bits per heavy atom. The SMILES string of the molecule is CCN(CC)c1ccc(CNC(=NC)NCCCOCC(C)C)cn1. The van der Waals surface area contributed by atoms with Crippen LogP contribution in [0.25, 0.3) is 0 Å². The smallest absolute Gasteiger partial charge is 0.191 e. The monoisotopic (exact) mass is 349 g/mol. The molecule has 142 valence electrons. The van der Waals surface area contributed by atoms with Gasteiger partial charge in [-0.15, -0.1) is 0 Å². The van der Waals surface area contributed by atoms with Gasteiger partial charge in [0.05, 0.1) is 0 Å². The maximum absolute atomic E-state index is 5.58. The zero-order valence-corrected chi connectivity index (χ0v) is 16.5. The van der Waals surface area contributed by atoms with E-state index in [2.05, 4.69) is 65.3 Å². The number of aromatic nitrogens is 1. The lowest BCUT2D eigenvalue weighted by Crippen LogP contribution is -2.37. The fraction of sp³-hybridized carbons (Fsp3) is 0.684. The molecule has 0 saturated heterocycles. The van der Waals surface area contributed by atoms with Gasteiger partial charge in [0, 0.05) is 52.6 Å². The Morgan fingerprint density at radius 1 is 1.24 bits per heavy atom. The summed E-state index contributed by atoms with van der Waals surface area (Å²) in [6.07, 6.45) is 2.89. The molecule has 0 aliphatic rings. The molecule has 6 heteroatoms. The van der Waals surface area contributed by atoms with Crippen molar-refractivity contribution in [2.75, 3.05) is 44.8 Å². The molecule has 0 atom stereocenters. The van der Waals surface area contributed by atoms with E-state index in [1.807, 2.05) is 6.20 Å². The molecule has 0 saturated carbocycles. The van der Waals surface area contributed by atoms with Gasteiger partial charge in [-0.3, -0.25) is 4.99 Å². The van der Waals surface area contributed by atoms with Crippen molar-refractivity contribution >= 4 is 11.8 Å². The Kier molecular flexibility index (Phi) is 10.6. The molecule has 0 fully saturated rings. The zero-order valence-electron chi connectivity index (χ0n) is 16.5. The molecule has 1 heterocycles. The van der Waals surface area contributed by atoms with Crippen molar-refractivity contribution in [3.05, 3.63) is 23.9 Å². The number of nitrogens with zero attached hydrogens (tertiary/aromatic N) is 3. The highest BCUT2D eigenvalue weighted by Crippen LogP contribution is 2.10. The van der Waals surface area contributed by atoms with Crippen LogP contribution in [0.2, 0.25) is 0 Å². The van der Waals surface area contributed by atoms with Crippen LogP contribution >= 0.6 is 0 Å². The Balaban J connectivity index is 2.30. The van der Waals surface area contributed by atoms with Gasteiger partial charge in [0.25, 0.3) is 0 Å². The summed E-state index contributed by atoms with van der Waals surface area (Å²) in [5.74, 6) is 2.42. The highest BCUT2D eigenvalue weighted by atomic mass is 16.5. The summed E-state index contributed by atoms with van der Waals surface area (Å²) in [5, 5.41) is 6.62. The first kappa shape index (κ1) is 21.2. The summed E-state index contributed by atoms with van der Waals surface area (Å²) in [6.45, 7) is 13.7. The van der Waals surface area contributed by atoms with Crippen molar-refractivity contribution < 1.29 is 4.74 Å². The summed E-state index contributed by atoms with van der Waals surface area (Å²) in [5.41, 5.74) is 1.14. The molecule has 0 aliphatic carbocycles. The van der Waals surface area contributed by atoms with Crippen LogP contribution in [0.3, 0.4) is 0 Å². The predicted octanol–water partition coefficient (Wildman–Crippen LogP) is 2.66. The second kappa shape index (κ2) is 12.5. The number of anilines is 1. The Hall–Kier alpha value is -1.82. The van der Waals surface area contributed by atoms with Gasteiger partial charge in [-0.2, -0.15) is 0 Å². The van der Waals surface area contributed by atoms with Crippen LogP contribution in [0.15, 0.2) is 23.3 Å². The van der Waals surface area contributed by atoms with E-state index in [4.69, 9.17) is 4.74 Å². The number of guanidine groups is 1. The van der Waals surface area contributed by atoms with E-state index < -0.39 is 0 Å². The van der Waals surface area contributed by atoms with Crippen molar-refractivity contribution in [3.8, 4) is 0 Å². The maximum Gasteiger partial charge on any atom is 0.191 e. The van der Waals surface area contributed by atoms with Crippen molar-refractivity contribution in [2.24, 2.45) is 10.9 Å². The lowest BCUT2D eigenvalue weighted by atomic mass is 10.2. The molecule has 6 nitrogen and oxygen atoms in total. The summed E-state index contributed by atoms with van der Waals surface area (Å²) < 4.78 is 5.58. The van der Waals surface area contributed by atoms with Crippen LogP contribution in [-0.4, -0.2) is 50.8 Å². The molecular weight excluding hydrogens is 314 g/mol. The van der Waals surface area contributed by atoms with Gasteiger partial charge in [-0.05, 0) is 37.8 Å². The van der Waals surface area contributed by atoms with Gasteiger partial charge in [0.1, 0.15) is 5.82 Å². The van der Waals surface area contributed by atoms with Gasteiger partial charge in [-0.25, -0.2) is 4.98 Å². The topological polar surface area (TPSA) is 61.8 Å². The molecule has 1 aromatic heterocycles. The van der Waals surface area contributed by atoms with Crippen LogP contribution < -0.4 is 15.5 Å². The van der Waals surface area contributed by atoms with Crippen LogP contribution in [0.4, 0.5) is 5.82 Å². The molecule has 0 spiro atoms. The second-order valence-corrected chi connectivity index (χ2v) is 6.37. The lowest BCUT2D eigenvalue weighted by Gasteiger charge is -2.19. The minimum atomic E-state index is 0.587. The fourth-order valence-corrected chi connectivity index (χ4v) is 2.36. The standard InChI is InChI=1S/C19H35N5O/c1-6-24(7-2)18-10-9-17(13-22-18)14-23-19(20-5)21-11-8-12-25-15-16(3)4/h9-10,13,16H,6-8,11-12,14-15H2,1-5H3,(H2,20,21,23). The molecule has 0 unspecified atom stereocenters. The van der Waals surface area contributed by atoms with Gasteiger partial charge in [0.2, 0.25) is 0 Å². The first-order chi connectivity index (χ1) is 12.1. The molecule has 1 aromatic rings. The summed E-state index contributed by atoms with van der Waals surface area (Å²) in [6, 6.07) is 4.19. The van der Waals surface area contributed by atoms with E-state index in [0.717, 1.165) is 56.6 Å². The van der Waals surface area contributed by atoms with Gasteiger partial charge >= 0.3 is 0 Å². The van der Waals surface area contributed by atoms with Crippen molar-refractivity contribution in [1.82, 2.24) is 15.6 Å². The molecule has 0 aromatic carbocycles. The van der Waals surface area contributed by atoms with Gasteiger partial charge < -0.3 is 20.3 Å². The third-order valence-electron chi connectivity index (χ3n) is 3.79. The van der Waals surface area contributed by atoms with E-state index in [1.165, 1.54) is 0 Å². The quantitative estimate of drug-likeness (QED) is 0.365. The van der Waals surface area contributed by atoms with E-state index in [1.54, 1.807) is 7.05 Å². The van der Waals surface area contributed by atoms with Crippen LogP contribution in [0.1, 0.15) is 39.7 Å². The number of hydrogen-bond acceptors (Lipinski definition) is 4. The first-order valence-electron chi connectivity index (χ1n) is 9.32. The van der Waals surface area contributed by atoms with E-state index in [-0.39, 0.29) is 0 Å².